The van der Waals surface area contributed by atoms with E-state index in [0.29, 0.717) is 0 Å². The first-order valence-electron chi connectivity index (χ1n) is 7.98. The molecule has 1 aliphatic rings. The van der Waals surface area contributed by atoms with Crippen LogP contribution in [0.3, 0.4) is 0 Å². The monoisotopic (exact) mass is 279 g/mol. The van der Waals surface area contributed by atoms with Gasteiger partial charge in [-0.1, -0.05) is 13.3 Å². The minimum atomic E-state index is -0.277. The van der Waals surface area contributed by atoms with Crippen molar-refractivity contribution in [2.45, 2.75) is 64.0 Å². The molecule has 4 nitrogen and oxygen atoms in total. The first-order valence-corrected chi connectivity index (χ1v) is 7.98. The first-order chi connectivity index (χ1) is 9.58. The first kappa shape index (κ1) is 15.5. The molecule has 0 radical (unpaired) electrons. The fourth-order valence-electron chi connectivity index (χ4n) is 3.32. The van der Waals surface area contributed by atoms with Crippen LogP contribution in [0.2, 0.25) is 0 Å². The van der Waals surface area contributed by atoms with Crippen molar-refractivity contribution in [3.8, 4) is 0 Å². The SMILES string of the molecule is CCC(C)(C(O)CCc1ccnn1C)N1CCCCC1. The maximum Gasteiger partial charge on any atom is 0.0724 e. The van der Waals surface area contributed by atoms with Crippen molar-refractivity contribution in [1.82, 2.24) is 14.7 Å². The van der Waals surface area contributed by atoms with E-state index in [0.717, 1.165) is 32.4 Å². The van der Waals surface area contributed by atoms with Crippen molar-refractivity contribution in [2.75, 3.05) is 13.1 Å². The van der Waals surface area contributed by atoms with Crippen LogP contribution in [0.25, 0.3) is 0 Å². The standard InChI is InChI=1S/C16H29N3O/c1-4-16(2,19-12-6-5-7-13-19)15(20)9-8-14-10-11-17-18(14)3/h10-11,15,20H,4-9,12-13H2,1-3H3. The van der Waals surface area contributed by atoms with E-state index in [1.54, 1.807) is 0 Å². The average molecular weight is 279 g/mol. The number of aliphatic hydroxyl groups excluding tert-OH is 1. The summed E-state index contributed by atoms with van der Waals surface area (Å²) in [6.07, 6.45) is 8.11. The molecule has 2 rings (SSSR count). The fraction of sp³-hybridized carbons (Fsp3) is 0.812. The molecule has 1 aliphatic heterocycles. The zero-order chi connectivity index (χ0) is 14.6. The lowest BCUT2D eigenvalue weighted by Gasteiger charge is -2.46. The second-order valence-corrected chi connectivity index (χ2v) is 6.26. The van der Waals surface area contributed by atoms with Crippen molar-refractivity contribution in [2.24, 2.45) is 7.05 Å². The van der Waals surface area contributed by atoms with Crippen LogP contribution < -0.4 is 0 Å². The predicted octanol–water partition coefficient (Wildman–Crippen LogP) is 2.37. The molecule has 2 atom stereocenters. The fourth-order valence-corrected chi connectivity index (χ4v) is 3.32. The Hall–Kier alpha value is -0.870. The summed E-state index contributed by atoms with van der Waals surface area (Å²) in [5.41, 5.74) is 1.11. The number of piperidine rings is 1. The van der Waals surface area contributed by atoms with Crippen LogP contribution >= 0.6 is 0 Å². The second-order valence-electron chi connectivity index (χ2n) is 6.26. The van der Waals surface area contributed by atoms with Gasteiger partial charge in [-0.3, -0.25) is 9.58 Å². The molecule has 2 unspecified atom stereocenters. The molecule has 1 saturated heterocycles. The minimum absolute atomic E-state index is 0.0843. The van der Waals surface area contributed by atoms with Crippen LogP contribution in [-0.2, 0) is 13.5 Å². The highest BCUT2D eigenvalue weighted by atomic mass is 16.3. The van der Waals surface area contributed by atoms with Crippen molar-refractivity contribution in [3.05, 3.63) is 18.0 Å². The van der Waals surface area contributed by atoms with Crippen molar-refractivity contribution >= 4 is 0 Å². The van der Waals surface area contributed by atoms with Crippen molar-refractivity contribution in [1.29, 1.82) is 0 Å². The van der Waals surface area contributed by atoms with Gasteiger partial charge in [-0.2, -0.15) is 5.10 Å². The van der Waals surface area contributed by atoms with Gasteiger partial charge in [-0.05, 0) is 58.2 Å². The quantitative estimate of drug-likeness (QED) is 0.869. The number of aryl methyl sites for hydroxylation is 2. The van der Waals surface area contributed by atoms with Crippen LogP contribution in [0.5, 0.6) is 0 Å². The zero-order valence-electron chi connectivity index (χ0n) is 13.2. The Balaban J connectivity index is 1.96. The Kier molecular flexibility index (Phi) is 5.22. The van der Waals surface area contributed by atoms with Crippen LogP contribution in [0, 0.1) is 0 Å². The van der Waals surface area contributed by atoms with Crippen LogP contribution in [0.15, 0.2) is 12.3 Å². The molecular weight excluding hydrogens is 250 g/mol. The van der Waals surface area contributed by atoms with E-state index in [9.17, 15) is 5.11 Å². The summed E-state index contributed by atoms with van der Waals surface area (Å²) in [4.78, 5) is 2.50. The third-order valence-corrected chi connectivity index (χ3v) is 5.11. The largest absolute Gasteiger partial charge is 0.391 e. The molecule has 0 spiro atoms. The molecule has 0 aromatic carbocycles. The normalized spacial score (nSPS) is 21.6. The molecule has 0 aliphatic carbocycles. The number of nitrogens with zero attached hydrogens (tertiary/aromatic N) is 3. The van der Waals surface area contributed by atoms with Crippen LogP contribution in [0.4, 0.5) is 0 Å². The Morgan fingerprint density at radius 2 is 2.05 bits per heavy atom. The molecule has 114 valence electrons. The van der Waals surface area contributed by atoms with E-state index < -0.39 is 0 Å². The van der Waals surface area contributed by atoms with Gasteiger partial charge in [0.15, 0.2) is 0 Å². The van der Waals surface area contributed by atoms with Crippen molar-refractivity contribution in [3.63, 3.8) is 0 Å². The van der Waals surface area contributed by atoms with Gasteiger partial charge in [-0.15, -0.1) is 0 Å². The molecule has 20 heavy (non-hydrogen) atoms. The van der Waals surface area contributed by atoms with Gasteiger partial charge in [-0.25, -0.2) is 0 Å². The molecule has 1 N–H and O–H groups in total. The van der Waals surface area contributed by atoms with Crippen LogP contribution in [-0.4, -0.2) is 44.5 Å². The third kappa shape index (κ3) is 3.23. The van der Waals surface area contributed by atoms with Gasteiger partial charge in [0.05, 0.1) is 6.10 Å². The lowest BCUT2D eigenvalue weighted by Crippen LogP contribution is -2.56. The molecular formula is C16H29N3O. The van der Waals surface area contributed by atoms with Gasteiger partial charge < -0.3 is 5.11 Å². The number of hydrogen-bond donors (Lipinski definition) is 1. The Morgan fingerprint density at radius 3 is 2.60 bits per heavy atom. The number of aromatic nitrogens is 2. The second kappa shape index (κ2) is 6.72. The lowest BCUT2D eigenvalue weighted by atomic mass is 9.85. The molecule has 1 fully saturated rings. The van der Waals surface area contributed by atoms with E-state index >= 15 is 0 Å². The van der Waals surface area contributed by atoms with Gasteiger partial charge in [0.1, 0.15) is 0 Å². The lowest BCUT2D eigenvalue weighted by molar-refractivity contribution is -0.0369. The van der Waals surface area contributed by atoms with E-state index in [-0.39, 0.29) is 11.6 Å². The smallest absolute Gasteiger partial charge is 0.0724 e. The predicted molar refractivity (Wildman–Crippen MR) is 81.7 cm³/mol. The third-order valence-electron chi connectivity index (χ3n) is 5.11. The summed E-state index contributed by atoms with van der Waals surface area (Å²) < 4.78 is 1.90. The average Bonchev–Trinajstić information content (AvgIpc) is 2.90. The topological polar surface area (TPSA) is 41.3 Å². The molecule has 2 heterocycles. The summed E-state index contributed by atoms with van der Waals surface area (Å²) in [6.45, 7) is 6.69. The highest BCUT2D eigenvalue weighted by Crippen LogP contribution is 2.29. The van der Waals surface area contributed by atoms with E-state index in [2.05, 4.69) is 23.8 Å². The summed E-state index contributed by atoms with van der Waals surface area (Å²) >= 11 is 0. The number of rotatable bonds is 6. The highest BCUT2D eigenvalue weighted by molar-refractivity contribution is 5.02. The van der Waals surface area contributed by atoms with Gasteiger partial charge in [0, 0.05) is 24.5 Å². The molecule has 1 aromatic heterocycles. The minimum Gasteiger partial charge on any atom is -0.391 e. The van der Waals surface area contributed by atoms with Gasteiger partial charge in [0.2, 0.25) is 0 Å². The summed E-state index contributed by atoms with van der Waals surface area (Å²) in [6, 6.07) is 2.04. The molecule has 0 saturated carbocycles. The Labute approximate surface area is 122 Å². The van der Waals surface area contributed by atoms with E-state index in [1.807, 2.05) is 24.0 Å². The number of likely N-dealkylation sites (tertiary alicyclic amines) is 1. The number of aliphatic hydroxyl groups is 1. The van der Waals surface area contributed by atoms with Gasteiger partial charge >= 0.3 is 0 Å². The molecule has 4 heteroatoms. The summed E-state index contributed by atoms with van der Waals surface area (Å²) in [5.74, 6) is 0. The maximum atomic E-state index is 10.7. The van der Waals surface area contributed by atoms with Crippen LogP contribution in [0.1, 0.15) is 51.6 Å². The molecule has 1 aromatic rings. The Bertz CT molecular complexity index is 412. The Morgan fingerprint density at radius 1 is 1.35 bits per heavy atom. The zero-order valence-corrected chi connectivity index (χ0v) is 13.2. The van der Waals surface area contributed by atoms with Crippen molar-refractivity contribution < 1.29 is 5.11 Å². The summed E-state index contributed by atoms with van der Waals surface area (Å²) in [5, 5.41) is 14.9. The van der Waals surface area contributed by atoms with E-state index in [4.69, 9.17) is 0 Å². The summed E-state index contributed by atoms with van der Waals surface area (Å²) in [7, 11) is 1.96. The molecule has 0 bridgehead atoms. The van der Waals surface area contributed by atoms with Gasteiger partial charge in [0.25, 0.3) is 0 Å². The number of hydrogen-bond acceptors (Lipinski definition) is 3. The van der Waals surface area contributed by atoms with E-state index in [1.165, 1.54) is 25.0 Å². The molecule has 0 amide bonds. The highest BCUT2D eigenvalue weighted by Gasteiger charge is 2.37. The maximum absolute atomic E-state index is 10.7.